The molecule has 2 atom stereocenters. The van der Waals surface area contributed by atoms with E-state index in [2.05, 4.69) is 0 Å². The number of sulfonamides is 1. The Morgan fingerprint density at radius 2 is 1.96 bits per heavy atom. The van der Waals surface area contributed by atoms with E-state index in [4.69, 9.17) is 22.1 Å². The number of hydrogen-bond acceptors (Lipinski definition) is 6. The SMILES string of the molecule is Cl.N=C1SC(C2CC2)N(C2CC2)C1(O)c1ccc(Cl)c(S(N)(=O)=O)c1. The number of primary sulfonamides is 1. The van der Waals surface area contributed by atoms with Crippen molar-refractivity contribution in [1.82, 2.24) is 4.90 Å². The summed E-state index contributed by atoms with van der Waals surface area (Å²) < 4.78 is 23.5. The smallest absolute Gasteiger partial charge is 0.239 e. The fourth-order valence-corrected chi connectivity index (χ4v) is 5.91. The first-order valence-corrected chi connectivity index (χ1v) is 10.6. The van der Waals surface area contributed by atoms with Crippen LogP contribution in [0.1, 0.15) is 31.2 Å². The Bertz CT molecular complexity index is 827. The molecule has 1 aromatic carbocycles. The largest absolute Gasteiger partial charge is 0.366 e. The molecule has 1 aliphatic heterocycles. The van der Waals surface area contributed by atoms with Crippen molar-refractivity contribution in [3.63, 3.8) is 0 Å². The van der Waals surface area contributed by atoms with Crippen molar-refractivity contribution in [3.05, 3.63) is 28.8 Å². The highest BCUT2D eigenvalue weighted by atomic mass is 35.5. The van der Waals surface area contributed by atoms with Crippen LogP contribution in [0.15, 0.2) is 23.1 Å². The van der Waals surface area contributed by atoms with Gasteiger partial charge in [0.2, 0.25) is 10.0 Å². The van der Waals surface area contributed by atoms with Crippen molar-refractivity contribution in [2.45, 2.75) is 47.7 Å². The number of nitrogens with one attached hydrogen (secondary N) is 1. The molecule has 4 N–H and O–H groups in total. The van der Waals surface area contributed by atoms with Gasteiger partial charge in [0.15, 0.2) is 5.72 Å². The third-order valence-electron chi connectivity index (χ3n) is 4.81. The summed E-state index contributed by atoms with van der Waals surface area (Å²) in [6, 6.07) is 4.53. The van der Waals surface area contributed by atoms with Crippen LogP contribution in [0.2, 0.25) is 5.02 Å². The van der Waals surface area contributed by atoms with E-state index in [1.54, 1.807) is 6.07 Å². The van der Waals surface area contributed by atoms with Crippen molar-refractivity contribution >= 4 is 50.8 Å². The van der Waals surface area contributed by atoms with Crippen LogP contribution in [-0.4, -0.2) is 34.9 Å². The second-order valence-electron chi connectivity index (χ2n) is 6.68. The molecule has 2 saturated carbocycles. The summed E-state index contributed by atoms with van der Waals surface area (Å²) in [6.45, 7) is 0. The topological polar surface area (TPSA) is 107 Å². The predicted molar refractivity (Wildman–Crippen MR) is 101 cm³/mol. The maximum atomic E-state index is 11.8. The molecule has 0 amide bonds. The highest BCUT2D eigenvalue weighted by molar-refractivity contribution is 8.14. The Morgan fingerprint density at radius 1 is 1.32 bits per heavy atom. The lowest BCUT2D eigenvalue weighted by atomic mass is 10.0. The Hall–Kier alpha value is -0.350. The lowest BCUT2D eigenvalue weighted by Crippen LogP contribution is -2.49. The minimum atomic E-state index is -4.01. The third-order valence-corrected chi connectivity index (χ3v) is 7.58. The van der Waals surface area contributed by atoms with Gasteiger partial charge in [0.1, 0.15) is 9.94 Å². The van der Waals surface area contributed by atoms with E-state index in [0.29, 0.717) is 11.5 Å². The van der Waals surface area contributed by atoms with E-state index in [1.807, 2.05) is 4.90 Å². The van der Waals surface area contributed by atoms with Crippen LogP contribution in [-0.2, 0) is 15.7 Å². The maximum Gasteiger partial charge on any atom is 0.239 e. The van der Waals surface area contributed by atoms with Gasteiger partial charge in [-0.1, -0.05) is 29.4 Å². The van der Waals surface area contributed by atoms with E-state index in [-0.39, 0.29) is 38.8 Å². The number of nitrogens with zero attached hydrogens (tertiary/aromatic N) is 1. The predicted octanol–water partition coefficient (Wildman–Crippen LogP) is 2.48. The van der Waals surface area contributed by atoms with Crippen molar-refractivity contribution in [1.29, 1.82) is 5.41 Å². The van der Waals surface area contributed by atoms with Gasteiger partial charge in [-0.2, -0.15) is 0 Å². The van der Waals surface area contributed by atoms with Gasteiger partial charge in [-0.25, -0.2) is 13.6 Å². The zero-order valence-electron chi connectivity index (χ0n) is 13.2. The third kappa shape index (κ3) is 3.22. The van der Waals surface area contributed by atoms with E-state index in [0.717, 1.165) is 25.7 Å². The average Bonchev–Trinajstić information content (AvgIpc) is 3.38. The van der Waals surface area contributed by atoms with Gasteiger partial charge in [0, 0.05) is 11.6 Å². The Balaban J connectivity index is 0.00000182. The molecule has 0 spiro atoms. The summed E-state index contributed by atoms with van der Waals surface area (Å²) in [5.41, 5.74) is -1.27. The highest BCUT2D eigenvalue weighted by Crippen LogP contribution is 2.56. The van der Waals surface area contributed by atoms with Gasteiger partial charge in [-0.3, -0.25) is 10.3 Å². The monoisotopic (exact) mass is 423 g/mol. The minimum Gasteiger partial charge on any atom is -0.366 e. The summed E-state index contributed by atoms with van der Waals surface area (Å²) in [7, 11) is -4.01. The van der Waals surface area contributed by atoms with Gasteiger partial charge < -0.3 is 5.11 Å². The maximum absolute atomic E-state index is 11.8. The van der Waals surface area contributed by atoms with Crippen LogP contribution in [0.25, 0.3) is 0 Å². The van der Waals surface area contributed by atoms with E-state index >= 15 is 0 Å². The minimum absolute atomic E-state index is 0. The fourth-order valence-electron chi connectivity index (χ4n) is 3.31. The molecule has 2 unspecified atom stereocenters. The van der Waals surface area contributed by atoms with Gasteiger partial charge in [0.05, 0.1) is 10.4 Å². The van der Waals surface area contributed by atoms with E-state index in [1.165, 1.54) is 23.9 Å². The van der Waals surface area contributed by atoms with Crippen molar-refractivity contribution in [3.8, 4) is 0 Å². The molecule has 0 radical (unpaired) electrons. The molecule has 2 aliphatic carbocycles. The number of aliphatic hydroxyl groups is 1. The molecule has 1 aromatic rings. The van der Waals surface area contributed by atoms with Crippen molar-refractivity contribution in [2.24, 2.45) is 11.1 Å². The summed E-state index contributed by atoms with van der Waals surface area (Å²) in [5, 5.41) is 25.3. The molecule has 3 fully saturated rings. The van der Waals surface area contributed by atoms with Crippen LogP contribution >= 0.6 is 35.8 Å². The molecule has 1 heterocycles. The molecule has 138 valence electrons. The van der Waals surface area contributed by atoms with Gasteiger partial charge in [0.25, 0.3) is 0 Å². The zero-order chi connectivity index (χ0) is 17.3. The first kappa shape index (κ1) is 19.4. The van der Waals surface area contributed by atoms with Crippen LogP contribution in [0.4, 0.5) is 0 Å². The molecule has 3 aliphatic rings. The molecule has 1 saturated heterocycles. The second-order valence-corrected chi connectivity index (χ2v) is 9.74. The zero-order valence-corrected chi connectivity index (χ0v) is 16.4. The lowest BCUT2D eigenvalue weighted by molar-refractivity contribution is -0.0637. The highest BCUT2D eigenvalue weighted by Gasteiger charge is 2.59. The molecular formula is C15H19Cl2N3O3S2. The number of thioether (sulfide) groups is 1. The van der Waals surface area contributed by atoms with E-state index < -0.39 is 15.7 Å². The number of rotatable bonds is 4. The first-order chi connectivity index (χ1) is 11.2. The summed E-state index contributed by atoms with van der Waals surface area (Å²) in [4.78, 5) is 1.77. The average molecular weight is 424 g/mol. The molecule has 4 rings (SSSR count). The first-order valence-electron chi connectivity index (χ1n) is 7.82. The van der Waals surface area contributed by atoms with Crippen LogP contribution in [0.3, 0.4) is 0 Å². The molecule has 0 aromatic heterocycles. The number of nitrogens with two attached hydrogens (primary N) is 1. The quantitative estimate of drug-likeness (QED) is 0.689. The fraction of sp³-hybridized carbons (Fsp3) is 0.533. The normalized spacial score (nSPS) is 30.4. The number of hydrogen-bond donors (Lipinski definition) is 3. The molecule has 6 nitrogen and oxygen atoms in total. The van der Waals surface area contributed by atoms with Gasteiger partial charge in [-0.15, -0.1) is 12.4 Å². The van der Waals surface area contributed by atoms with Gasteiger partial charge in [-0.05, 0) is 43.7 Å². The van der Waals surface area contributed by atoms with Gasteiger partial charge >= 0.3 is 0 Å². The molecule has 25 heavy (non-hydrogen) atoms. The second kappa shape index (κ2) is 6.37. The molecular weight excluding hydrogens is 405 g/mol. The molecule has 0 bridgehead atoms. The summed E-state index contributed by atoms with van der Waals surface area (Å²) >= 11 is 7.33. The standard InChI is InChI=1S/C15H18ClN3O3S2.ClH/c16-11-6-3-9(7-12(11)24(18,21)22)15(20)14(17)23-13(8-1-2-8)19(15)10-4-5-10;/h3,6-8,10,13,17,20H,1-2,4-5H2,(H2,18,21,22);1H. The number of benzene rings is 1. The number of halogens is 2. The van der Waals surface area contributed by atoms with Crippen LogP contribution in [0, 0.1) is 11.3 Å². The Morgan fingerprint density at radius 3 is 2.48 bits per heavy atom. The Kier molecular flexibility index (Phi) is 4.94. The van der Waals surface area contributed by atoms with Crippen molar-refractivity contribution in [2.75, 3.05) is 0 Å². The molecule has 10 heteroatoms. The summed E-state index contributed by atoms with van der Waals surface area (Å²) in [6.07, 6.45) is 4.17. The van der Waals surface area contributed by atoms with Crippen LogP contribution in [0.5, 0.6) is 0 Å². The van der Waals surface area contributed by atoms with E-state index in [9.17, 15) is 13.5 Å². The van der Waals surface area contributed by atoms with Crippen molar-refractivity contribution < 1.29 is 13.5 Å². The Labute approximate surface area is 162 Å². The van der Waals surface area contributed by atoms with Crippen LogP contribution < -0.4 is 5.14 Å². The lowest BCUT2D eigenvalue weighted by Gasteiger charge is -2.36. The summed E-state index contributed by atoms with van der Waals surface area (Å²) in [5.74, 6) is 0.481.